The summed E-state index contributed by atoms with van der Waals surface area (Å²) < 4.78 is 32.4. The van der Waals surface area contributed by atoms with Gasteiger partial charge in [0, 0.05) is 6.07 Å². The number of anilines is 1. The van der Waals surface area contributed by atoms with E-state index in [-0.39, 0.29) is 16.1 Å². The van der Waals surface area contributed by atoms with Crippen molar-refractivity contribution in [2.75, 3.05) is 11.8 Å². The first-order chi connectivity index (χ1) is 13.8. The van der Waals surface area contributed by atoms with E-state index < -0.39 is 21.7 Å². The van der Waals surface area contributed by atoms with Gasteiger partial charge >= 0.3 is 5.97 Å². The number of methoxy groups -OCH3 is 1. The predicted molar refractivity (Wildman–Crippen MR) is 107 cm³/mol. The van der Waals surface area contributed by atoms with Gasteiger partial charge in [0.1, 0.15) is 11.3 Å². The molecule has 3 aromatic rings. The van der Waals surface area contributed by atoms with Gasteiger partial charge in [0.05, 0.1) is 29.3 Å². The second-order valence-corrected chi connectivity index (χ2v) is 7.73. The molecule has 0 atom stereocenters. The molecule has 0 aliphatic rings. The molecule has 0 fully saturated rings. The van der Waals surface area contributed by atoms with Gasteiger partial charge in [-0.3, -0.25) is 4.72 Å². The maximum absolute atomic E-state index is 12.8. The molecule has 29 heavy (non-hydrogen) atoms. The highest BCUT2D eigenvalue weighted by molar-refractivity contribution is 7.92. The summed E-state index contributed by atoms with van der Waals surface area (Å²) >= 11 is 0. The molecule has 0 amide bonds. The van der Waals surface area contributed by atoms with Crippen molar-refractivity contribution in [3.8, 4) is 22.9 Å². The summed E-state index contributed by atoms with van der Waals surface area (Å²) in [6.45, 7) is 0. The van der Waals surface area contributed by atoms with Crippen molar-refractivity contribution in [1.82, 2.24) is 0 Å². The fourth-order valence-corrected chi connectivity index (χ4v) is 3.80. The molecule has 0 aromatic heterocycles. The Bertz CT molecular complexity index is 1230. The Morgan fingerprint density at radius 1 is 1.03 bits per heavy atom. The van der Waals surface area contributed by atoms with Crippen LogP contribution in [0.4, 0.5) is 5.69 Å². The van der Waals surface area contributed by atoms with Crippen LogP contribution in [-0.4, -0.2) is 26.6 Å². The number of ether oxygens (including phenoxy) is 1. The molecule has 0 saturated heterocycles. The van der Waals surface area contributed by atoms with Gasteiger partial charge in [0.15, 0.2) is 0 Å². The molecule has 0 bridgehead atoms. The third kappa shape index (κ3) is 4.36. The number of carbonyl (C=O) groups excluding carboxylic acids is 1. The number of carbonyl (C=O) groups is 1. The number of hydrogen-bond donors (Lipinski definition) is 2. The van der Waals surface area contributed by atoms with Crippen LogP contribution in [0.2, 0.25) is 0 Å². The summed E-state index contributed by atoms with van der Waals surface area (Å²) in [5.74, 6) is -1.14. The zero-order valence-corrected chi connectivity index (χ0v) is 16.1. The second-order valence-electron chi connectivity index (χ2n) is 6.05. The molecule has 3 aromatic carbocycles. The Labute approximate surface area is 167 Å². The van der Waals surface area contributed by atoms with E-state index in [2.05, 4.69) is 9.46 Å². The molecule has 146 valence electrons. The average Bonchev–Trinajstić information content (AvgIpc) is 2.73. The van der Waals surface area contributed by atoms with Crippen LogP contribution in [0.1, 0.15) is 15.9 Å². The zero-order chi connectivity index (χ0) is 21.0. The molecule has 0 unspecified atom stereocenters. The van der Waals surface area contributed by atoms with Crippen LogP contribution in [0.3, 0.4) is 0 Å². The van der Waals surface area contributed by atoms with Crippen LogP contribution in [0.25, 0.3) is 11.1 Å². The molecule has 0 aliphatic carbocycles. The topological polar surface area (TPSA) is 116 Å². The lowest BCUT2D eigenvalue weighted by Gasteiger charge is -2.11. The number of sulfonamides is 1. The lowest BCUT2D eigenvalue weighted by molar-refractivity contribution is 0.0597. The molecule has 3 rings (SSSR count). The molecule has 7 nitrogen and oxygen atoms in total. The summed E-state index contributed by atoms with van der Waals surface area (Å²) in [5, 5.41) is 19.0. The normalized spacial score (nSPS) is 10.8. The summed E-state index contributed by atoms with van der Waals surface area (Å²) in [7, 11) is -2.78. The van der Waals surface area contributed by atoms with Gasteiger partial charge in [-0.25, -0.2) is 13.2 Å². The third-order valence-electron chi connectivity index (χ3n) is 4.12. The quantitative estimate of drug-likeness (QED) is 0.624. The standard InChI is InChI=1S/C21H16N2O5S/c1-28-21(25)19-9-8-17(12-20(19)24)23-29(26,27)18-7-3-6-16(11-18)15-5-2-4-14(10-15)13-22/h2-12,23-24H,1H3. The highest BCUT2D eigenvalue weighted by atomic mass is 32.2. The van der Waals surface area contributed by atoms with Gasteiger partial charge in [-0.2, -0.15) is 5.26 Å². The number of aromatic hydroxyl groups is 1. The maximum Gasteiger partial charge on any atom is 0.341 e. The van der Waals surface area contributed by atoms with E-state index in [4.69, 9.17) is 5.26 Å². The van der Waals surface area contributed by atoms with E-state index in [0.29, 0.717) is 16.7 Å². The van der Waals surface area contributed by atoms with Crippen molar-refractivity contribution in [2.45, 2.75) is 4.90 Å². The van der Waals surface area contributed by atoms with Gasteiger partial charge in [-0.15, -0.1) is 0 Å². The van der Waals surface area contributed by atoms with Gasteiger partial charge in [0.2, 0.25) is 0 Å². The predicted octanol–water partition coefficient (Wildman–Crippen LogP) is 3.52. The van der Waals surface area contributed by atoms with Crippen molar-refractivity contribution in [3.63, 3.8) is 0 Å². The van der Waals surface area contributed by atoms with Crippen molar-refractivity contribution < 1.29 is 23.1 Å². The lowest BCUT2D eigenvalue weighted by Crippen LogP contribution is -2.13. The molecule has 0 heterocycles. The third-order valence-corrected chi connectivity index (χ3v) is 5.50. The maximum atomic E-state index is 12.8. The van der Waals surface area contributed by atoms with Crippen molar-refractivity contribution >= 4 is 21.7 Å². The number of rotatable bonds is 5. The first-order valence-electron chi connectivity index (χ1n) is 8.39. The van der Waals surface area contributed by atoms with Crippen LogP contribution in [0.15, 0.2) is 71.6 Å². The number of esters is 1. The summed E-state index contributed by atoms with van der Waals surface area (Å²) in [4.78, 5) is 11.5. The number of benzene rings is 3. The lowest BCUT2D eigenvalue weighted by atomic mass is 10.0. The molecular weight excluding hydrogens is 392 g/mol. The van der Waals surface area contributed by atoms with Crippen molar-refractivity contribution in [1.29, 1.82) is 5.26 Å². The Balaban J connectivity index is 1.91. The Kier molecular flexibility index (Phi) is 5.52. The molecule has 8 heteroatoms. The van der Waals surface area contributed by atoms with Gasteiger partial charge < -0.3 is 9.84 Å². The Hall–Kier alpha value is -3.83. The molecule has 0 radical (unpaired) electrons. The van der Waals surface area contributed by atoms with Crippen LogP contribution in [-0.2, 0) is 14.8 Å². The molecule has 0 spiro atoms. The number of hydrogen-bond acceptors (Lipinski definition) is 6. The Morgan fingerprint density at radius 3 is 2.38 bits per heavy atom. The van der Waals surface area contributed by atoms with E-state index in [1.165, 1.54) is 31.4 Å². The monoisotopic (exact) mass is 408 g/mol. The highest BCUT2D eigenvalue weighted by Crippen LogP contribution is 2.27. The van der Waals surface area contributed by atoms with Crippen molar-refractivity contribution in [3.05, 3.63) is 77.9 Å². The molecule has 0 aliphatic heterocycles. The second kappa shape index (κ2) is 8.04. The highest BCUT2D eigenvalue weighted by Gasteiger charge is 2.17. The number of nitriles is 1. The van der Waals surface area contributed by atoms with Crippen LogP contribution in [0, 0.1) is 11.3 Å². The van der Waals surface area contributed by atoms with Crippen LogP contribution in [0.5, 0.6) is 5.75 Å². The van der Waals surface area contributed by atoms with E-state index in [1.807, 2.05) is 6.07 Å². The van der Waals surface area contributed by atoms with Gasteiger partial charge in [0.25, 0.3) is 10.0 Å². The number of nitrogens with zero attached hydrogens (tertiary/aromatic N) is 1. The fraction of sp³-hybridized carbons (Fsp3) is 0.0476. The number of phenolic OH excluding ortho intramolecular Hbond substituents is 1. The largest absolute Gasteiger partial charge is 0.507 e. The number of phenols is 1. The fourth-order valence-electron chi connectivity index (χ4n) is 2.70. The minimum absolute atomic E-state index is 0.00824. The molecule has 0 saturated carbocycles. The zero-order valence-electron chi connectivity index (χ0n) is 15.3. The summed E-state index contributed by atoms with van der Waals surface area (Å²) in [5.41, 5.74) is 1.83. The smallest absolute Gasteiger partial charge is 0.341 e. The van der Waals surface area contributed by atoms with E-state index >= 15 is 0 Å². The SMILES string of the molecule is COC(=O)c1ccc(NS(=O)(=O)c2cccc(-c3cccc(C#N)c3)c2)cc1O. The molecular formula is C21H16N2O5S. The summed E-state index contributed by atoms with van der Waals surface area (Å²) in [6, 6.07) is 18.9. The minimum atomic E-state index is -3.96. The molecule has 2 N–H and O–H groups in total. The van der Waals surface area contributed by atoms with E-state index in [9.17, 15) is 18.3 Å². The van der Waals surface area contributed by atoms with Gasteiger partial charge in [-0.05, 0) is 47.5 Å². The van der Waals surface area contributed by atoms with Crippen LogP contribution < -0.4 is 4.72 Å². The first-order valence-corrected chi connectivity index (χ1v) is 9.87. The first kappa shape index (κ1) is 19.9. The number of nitrogens with one attached hydrogen (secondary N) is 1. The van der Waals surface area contributed by atoms with E-state index in [0.717, 1.165) is 6.07 Å². The van der Waals surface area contributed by atoms with Crippen LogP contribution >= 0.6 is 0 Å². The minimum Gasteiger partial charge on any atom is -0.507 e. The summed E-state index contributed by atoms with van der Waals surface area (Å²) in [6.07, 6.45) is 0. The average molecular weight is 408 g/mol. The van der Waals surface area contributed by atoms with Crippen molar-refractivity contribution in [2.24, 2.45) is 0 Å². The van der Waals surface area contributed by atoms with Gasteiger partial charge in [-0.1, -0.05) is 24.3 Å². The van der Waals surface area contributed by atoms with E-state index in [1.54, 1.807) is 36.4 Å². The Morgan fingerprint density at radius 2 is 1.72 bits per heavy atom.